The van der Waals surface area contributed by atoms with Crippen LogP contribution in [0.2, 0.25) is 0 Å². The van der Waals surface area contributed by atoms with E-state index >= 15 is 0 Å². The van der Waals surface area contributed by atoms with E-state index < -0.39 is 12.1 Å². The highest BCUT2D eigenvalue weighted by atomic mass is 16.5. The summed E-state index contributed by atoms with van der Waals surface area (Å²) in [5, 5.41) is 23.3. The molecule has 0 aliphatic heterocycles. The Morgan fingerprint density at radius 3 is 1.01 bits per heavy atom. The van der Waals surface area contributed by atoms with E-state index in [-0.39, 0.29) is 18.5 Å². The second-order valence-corrected chi connectivity index (χ2v) is 23.9. The summed E-state index contributed by atoms with van der Waals surface area (Å²) in [7, 11) is 0. The highest BCUT2D eigenvalue weighted by molar-refractivity contribution is 5.76. The molecular formula is C70H135NO5. The molecule has 76 heavy (non-hydrogen) atoms. The van der Waals surface area contributed by atoms with E-state index in [9.17, 15) is 19.8 Å². The Bertz CT molecular complexity index is 1190. The van der Waals surface area contributed by atoms with Crippen LogP contribution in [0.3, 0.4) is 0 Å². The molecule has 1 amide bonds. The molecule has 0 spiro atoms. The minimum atomic E-state index is -0.660. The lowest BCUT2D eigenvalue weighted by Crippen LogP contribution is -2.45. The van der Waals surface area contributed by atoms with Crippen molar-refractivity contribution in [3.63, 3.8) is 0 Å². The van der Waals surface area contributed by atoms with Gasteiger partial charge in [-0.3, -0.25) is 9.59 Å². The highest BCUT2D eigenvalue weighted by Gasteiger charge is 2.20. The maximum atomic E-state index is 12.5. The number of allylic oxidation sites excluding steroid dienone is 4. The zero-order chi connectivity index (χ0) is 55.0. The molecule has 2 atom stereocenters. The minimum absolute atomic E-state index is 0.0127. The predicted molar refractivity (Wildman–Crippen MR) is 333 cm³/mol. The standard InChI is InChI=1S/C70H135NO5/c1-3-5-7-9-11-13-15-17-18-19-34-37-40-44-48-52-56-60-64-70(75)76-65-61-57-53-49-45-41-38-35-32-30-28-26-24-22-20-21-23-25-27-29-31-33-36-39-43-47-51-55-59-63-69(74)71-67(66-72)68(73)62-58-54-50-46-42-16-14-12-10-8-6-4-2/h13,15,18-19,67-68,72-73H,3-12,14,16-17,20-66H2,1-2H3,(H,71,74)/b15-13-,19-18-. The molecule has 0 fully saturated rings. The quantitative estimate of drug-likeness (QED) is 0.0320. The zero-order valence-electron chi connectivity index (χ0n) is 51.5. The van der Waals surface area contributed by atoms with Gasteiger partial charge in [-0.25, -0.2) is 0 Å². The molecule has 0 aromatic rings. The van der Waals surface area contributed by atoms with E-state index in [0.717, 1.165) is 51.4 Å². The number of aliphatic hydroxyl groups excluding tert-OH is 2. The summed E-state index contributed by atoms with van der Waals surface area (Å²) in [6.45, 7) is 4.96. The minimum Gasteiger partial charge on any atom is -0.466 e. The number of unbranched alkanes of at least 4 members (excludes halogenated alkanes) is 50. The molecule has 0 radical (unpaired) electrons. The van der Waals surface area contributed by atoms with Crippen molar-refractivity contribution < 1.29 is 24.5 Å². The average molecular weight is 1070 g/mol. The summed E-state index contributed by atoms with van der Waals surface area (Å²) >= 11 is 0. The molecule has 6 nitrogen and oxygen atoms in total. The molecule has 0 saturated carbocycles. The molecule has 0 bridgehead atoms. The van der Waals surface area contributed by atoms with Gasteiger partial charge in [0.15, 0.2) is 0 Å². The molecule has 0 aromatic carbocycles. The number of aliphatic hydroxyl groups is 2. The predicted octanol–water partition coefficient (Wildman–Crippen LogP) is 22.1. The fourth-order valence-corrected chi connectivity index (χ4v) is 11.0. The van der Waals surface area contributed by atoms with Crippen LogP contribution in [0.4, 0.5) is 0 Å². The van der Waals surface area contributed by atoms with Crippen LogP contribution < -0.4 is 5.32 Å². The van der Waals surface area contributed by atoms with Crippen molar-refractivity contribution >= 4 is 11.9 Å². The third-order valence-corrected chi connectivity index (χ3v) is 16.3. The second-order valence-electron chi connectivity index (χ2n) is 23.9. The van der Waals surface area contributed by atoms with Crippen molar-refractivity contribution in [2.24, 2.45) is 0 Å². The van der Waals surface area contributed by atoms with Gasteiger partial charge in [-0.05, 0) is 57.8 Å². The van der Waals surface area contributed by atoms with Gasteiger partial charge in [0.25, 0.3) is 0 Å². The van der Waals surface area contributed by atoms with E-state index in [2.05, 4.69) is 43.5 Å². The maximum absolute atomic E-state index is 12.5. The molecule has 0 saturated heterocycles. The van der Waals surface area contributed by atoms with E-state index in [1.165, 1.54) is 302 Å². The number of amides is 1. The number of nitrogens with one attached hydrogen (secondary N) is 1. The molecular weight excluding hydrogens is 935 g/mol. The van der Waals surface area contributed by atoms with E-state index in [1.807, 2.05) is 0 Å². The fourth-order valence-electron chi connectivity index (χ4n) is 11.0. The molecule has 450 valence electrons. The summed E-state index contributed by atoms with van der Waals surface area (Å²) in [6, 6.07) is -0.537. The molecule has 0 rings (SSSR count). The van der Waals surface area contributed by atoms with Crippen LogP contribution in [-0.4, -0.2) is 47.4 Å². The molecule has 6 heteroatoms. The Hall–Kier alpha value is -1.66. The first-order chi connectivity index (χ1) is 37.5. The highest BCUT2D eigenvalue weighted by Crippen LogP contribution is 2.19. The Morgan fingerprint density at radius 1 is 0.368 bits per heavy atom. The maximum Gasteiger partial charge on any atom is 0.305 e. The van der Waals surface area contributed by atoms with Crippen LogP contribution in [0.1, 0.15) is 386 Å². The Kier molecular flexibility index (Phi) is 64.4. The largest absolute Gasteiger partial charge is 0.466 e. The normalized spacial score (nSPS) is 12.6. The number of esters is 1. The molecule has 0 aromatic heterocycles. The van der Waals surface area contributed by atoms with Gasteiger partial charge in [0.05, 0.1) is 25.4 Å². The zero-order valence-corrected chi connectivity index (χ0v) is 51.5. The van der Waals surface area contributed by atoms with Crippen molar-refractivity contribution in [3.8, 4) is 0 Å². The summed E-state index contributed by atoms with van der Waals surface area (Å²) in [4.78, 5) is 24.6. The van der Waals surface area contributed by atoms with Gasteiger partial charge >= 0.3 is 5.97 Å². The number of ether oxygens (including phenoxy) is 1. The molecule has 3 N–H and O–H groups in total. The van der Waals surface area contributed by atoms with Gasteiger partial charge in [-0.1, -0.05) is 340 Å². The number of hydrogen-bond donors (Lipinski definition) is 3. The molecule has 0 aliphatic carbocycles. The number of hydrogen-bond acceptors (Lipinski definition) is 5. The van der Waals surface area contributed by atoms with Crippen LogP contribution >= 0.6 is 0 Å². The van der Waals surface area contributed by atoms with Crippen LogP contribution in [0, 0.1) is 0 Å². The second kappa shape index (κ2) is 65.9. The monoisotopic (exact) mass is 1070 g/mol. The van der Waals surface area contributed by atoms with E-state index in [1.54, 1.807) is 0 Å². The van der Waals surface area contributed by atoms with Crippen molar-refractivity contribution in [2.45, 2.75) is 398 Å². The number of carbonyl (C=O) groups is 2. The summed E-state index contributed by atoms with van der Waals surface area (Å²) in [5.41, 5.74) is 0. The van der Waals surface area contributed by atoms with Crippen LogP contribution in [0.15, 0.2) is 24.3 Å². The smallest absolute Gasteiger partial charge is 0.305 e. The van der Waals surface area contributed by atoms with Crippen molar-refractivity contribution in [1.82, 2.24) is 5.32 Å². The lowest BCUT2D eigenvalue weighted by Gasteiger charge is -2.22. The first-order valence-electron chi connectivity index (χ1n) is 34.6. The first-order valence-corrected chi connectivity index (χ1v) is 34.6. The summed E-state index contributed by atoms with van der Waals surface area (Å²) < 4.78 is 5.50. The van der Waals surface area contributed by atoms with Crippen LogP contribution in [0.5, 0.6) is 0 Å². The fraction of sp³-hybridized carbons (Fsp3) is 0.914. The molecule has 0 heterocycles. The Balaban J connectivity index is 3.31. The summed E-state index contributed by atoms with van der Waals surface area (Å²) in [6.07, 6.45) is 82.3. The average Bonchev–Trinajstić information content (AvgIpc) is 3.42. The Morgan fingerprint density at radius 2 is 0.658 bits per heavy atom. The van der Waals surface area contributed by atoms with Gasteiger partial charge in [-0.2, -0.15) is 0 Å². The molecule has 2 unspecified atom stereocenters. The Labute approximate surface area is 475 Å². The number of carbonyl (C=O) groups excluding carboxylic acids is 2. The van der Waals surface area contributed by atoms with Crippen molar-refractivity contribution in [3.05, 3.63) is 24.3 Å². The first kappa shape index (κ1) is 74.3. The van der Waals surface area contributed by atoms with Crippen molar-refractivity contribution in [2.75, 3.05) is 13.2 Å². The van der Waals surface area contributed by atoms with Gasteiger partial charge in [0, 0.05) is 12.8 Å². The third kappa shape index (κ3) is 61.6. The third-order valence-electron chi connectivity index (χ3n) is 16.3. The van der Waals surface area contributed by atoms with E-state index in [4.69, 9.17) is 4.74 Å². The topological polar surface area (TPSA) is 95.9 Å². The summed E-state index contributed by atoms with van der Waals surface area (Å²) in [5.74, 6) is -0.0174. The SMILES string of the molecule is CCCCCC/C=C\C/C=C\CCCCCCCCCC(=O)OCCCCCCCCCCCCCCCCCCCCCCCCCCCCCCCC(=O)NC(CO)C(O)CCCCCCCCCCCCCC. The lowest BCUT2D eigenvalue weighted by atomic mass is 10.0. The van der Waals surface area contributed by atoms with Gasteiger partial charge < -0.3 is 20.3 Å². The van der Waals surface area contributed by atoms with Gasteiger partial charge in [-0.15, -0.1) is 0 Å². The molecule has 0 aliphatic rings. The van der Waals surface area contributed by atoms with E-state index in [0.29, 0.717) is 25.9 Å². The van der Waals surface area contributed by atoms with Gasteiger partial charge in [0.1, 0.15) is 0 Å². The lowest BCUT2D eigenvalue weighted by molar-refractivity contribution is -0.143. The van der Waals surface area contributed by atoms with Crippen molar-refractivity contribution in [1.29, 1.82) is 0 Å². The number of rotatable bonds is 65. The van der Waals surface area contributed by atoms with Gasteiger partial charge in [0.2, 0.25) is 5.91 Å². The van der Waals surface area contributed by atoms with Crippen LogP contribution in [-0.2, 0) is 14.3 Å². The van der Waals surface area contributed by atoms with Crippen LogP contribution in [0.25, 0.3) is 0 Å².